The summed E-state index contributed by atoms with van der Waals surface area (Å²) in [6, 6.07) is 16.5. The van der Waals surface area contributed by atoms with Gasteiger partial charge in [0.15, 0.2) is 5.37 Å². The van der Waals surface area contributed by atoms with Crippen molar-refractivity contribution in [1.29, 1.82) is 21.0 Å². The number of hydrogen-bond donors (Lipinski definition) is 1. The van der Waals surface area contributed by atoms with E-state index in [4.69, 9.17) is 10.5 Å². The van der Waals surface area contributed by atoms with Gasteiger partial charge in [0.25, 0.3) is 4.87 Å². The number of nitrogens with one attached hydrogen (secondary N) is 1. The molecule has 0 fully saturated rings. The topological polar surface area (TPSA) is 132 Å². The highest BCUT2D eigenvalue weighted by Gasteiger charge is 2.51. The van der Waals surface area contributed by atoms with E-state index in [1.807, 2.05) is 42.5 Å². The van der Waals surface area contributed by atoms with Crippen LogP contribution in [0.1, 0.15) is 5.56 Å². The van der Waals surface area contributed by atoms with Crippen molar-refractivity contribution in [3.05, 3.63) is 35.9 Å². The van der Waals surface area contributed by atoms with Gasteiger partial charge in [-0.3, -0.25) is 5.32 Å². The van der Waals surface area contributed by atoms with E-state index in [1.54, 1.807) is 12.1 Å². The highest BCUT2D eigenvalue weighted by atomic mass is 32.2. The number of rotatable bonds is 4. The fourth-order valence-electron chi connectivity index (χ4n) is 1.78. The minimum atomic E-state index is -1.70. The molecular weight excluding hydrogens is 298 g/mol. The Morgan fingerprint density at radius 2 is 1.77 bits per heavy atom. The minimum Gasteiger partial charge on any atom is -0.281 e. The monoisotopic (exact) mass is 307 g/mol. The molecular formula is C14H9N7S. The van der Waals surface area contributed by atoms with Gasteiger partial charge in [0.2, 0.25) is 5.54 Å². The molecule has 1 atom stereocenters. The maximum absolute atomic E-state index is 9.41. The van der Waals surface area contributed by atoms with Crippen molar-refractivity contribution in [1.82, 2.24) is 5.32 Å². The van der Waals surface area contributed by atoms with Crippen LogP contribution in [0, 0.1) is 45.3 Å². The first-order chi connectivity index (χ1) is 10.6. The second-order valence-electron chi connectivity index (χ2n) is 4.42. The first-order valence-corrected chi connectivity index (χ1v) is 7.05. The summed E-state index contributed by atoms with van der Waals surface area (Å²) < 4.78 is 0. The molecule has 0 radical (unpaired) electrons. The molecule has 1 N–H and O–H groups in total. The van der Waals surface area contributed by atoms with Crippen molar-refractivity contribution < 1.29 is 0 Å². The number of hydrogen-bond acceptors (Lipinski definition) is 8. The molecule has 0 saturated carbocycles. The largest absolute Gasteiger partial charge is 0.299 e. The van der Waals surface area contributed by atoms with E-state index in [1.165, 1.54) is 0 Å². The Hall–Kier alpha value is -2.91. The number of benzene rings is 1. The molecule has 22 heavy (non-hydrogen) atoms. The van der Waals surface area contributed by atoms with Crippen molar-refractivity contribution in [3.8, 4) is 24.3 Å². The van der Waals surface area contributed by atoms with Crippen LogP contribution in [-0.4, -0.2) is 15.8 Å². The van der Waals surface area contributed by atoms with Gasteiger partial charge in [0, 0.05) is 6.54 Å². The summed E-state index contributed by atoms with van der Waals surface area (Å²) in [7, 11) is 0. The quantitative estimate of drug-likeness (QED) is 0.902. The van der Waals surface area contributed by atoms with Gasteiger partial charge in [-0.1, -0.05) is 42.1 Å². The van der Waals surface area contributed by atoms with E-state index >= 15 is 0 Å². The maximum Gasteiger partial charge on any atom is 0.299 e. The van der Waals surface area contributed by atoms with E-state index in [-0.39, 0.29) is 6.54 Å². The molecule has 1 aliphatic heterocycles. The molecule has 1 aromatic rings. The lowest BCUT2D eigenvalue weighted by atomic mass is 10.0. The predicted molar refractivity (Wildman–Crippen MR) is 77.4 cm³/mol. The van der Waals surface area contributed by atoms with E-state index in [0.717, 1.165) is 17.3 Å². The SMILES string of the molecule is N#CC1(C#N)N=NC(C(C#N)(C#N)NCc2ccccc2)S1. The van der Waals surface area contributed by atoms with Gasteiger partial charge in [-0.25, -0.2) is 0 Å². The van der Waals surface area contributed by atoms with Crippen molar-refractivity contribution in [2.45, 2.75) is 22.3 Å². The van der Waals surface area contributed by atoms with Crippen molar-refractivity contribution in [2.24, 2.45) is 10.2 Å². The third kappa shape index (κ3) is 2.75. The van der Waals surface area contributed by atoms with Gasteiger partial charge in [0.05, 0.1) is 0 Å². The van der Waals surface area contributed by atoms with E-state index in [2.05, 4.69) is 15.5 Å². The number of azo groups is 1. The fourth-order valence-corrected chi connectivity index (χ4v) is 2.76. The maximum atomic E-state index is 9.41. The van der Waals surface area contributed by atoms with Crippen LogP contribution in [0.15, 0.2) is 40.6 Å². The van der Waals surface area contributed by atoms with Crippen molar-refractivity contribution in [3.63, 3.8) is 0 Å². The van der Waals surface area contributed by atoms with E-state index in [0.29, 0.717) is 0 Å². The Labute approximate surface area is 131 Å². The summed E-state index contributed by atoms with van der Waals surface area (Å²) in [4.78, 5) is -1.70. The zero-order chi connectivity index (χ0) is 16.1. The molecule has 1 aliphatic rings. The first kappa shape index (κ1) is 15.5. The Kier molecular flexibility index (Phi) is 4.39. The molecule has 7 nitrogen and oxygen atoms in total. The summed E-state index contributed by atoms with van der Waals surface area (Å²) >= 11 is 0.786. The van der Waals surface area contributed by atoms with Gasteiger partial charge < -0.3 is 0 Å². The molecule has 1 heterocycles. The lowest BCUT2D eigenvalue weighted by Gasteiger charge is -2.24. The molecule has 0 aliphatic carbocycles. The molecule has 0 spiro atoms. The zero-order valence-electron chi connectivity index (χ0n) is 11.3. The lowest BCUT2D eigenvalue weighted by Crippen LogP contribution is -2.49. The molecule has 2 rings (SSSR count). The minimum absolute atomic E-state index is 0.278. The standard InChI is InChI=1S/C14H9N7S/c15-7-13(8-16,19-6-11-4-2-1-3-5-11)12-20-21-14(9-17,10-18)22-12/h1-5,12,19H,6H2. The van der Waals surface area contributed by atoms with Gasteiger partial charge in [-0.15, -0.1) is 5.11 Å². The van der Waals surface area contributed by atoms with Gasteiger partial charge in [0.1, 0.15) is 24.3 Å². The second-order valence-corrected chi connectivity index (χ2v) is 5.70. The van der Waals surface area contributed by atoms with Crippen LogP contribution in [0.2, 0.25) is 0 Å². The highest BCUT2D eigenvalue weighted by Crippen LogP contribution is 2.42. The van der Waals surface area contributed by atoms with Crippen LogP contribution < -0.4 is 5.32 Å². The third-order valence-electron chi connectivity index (χ3n) is 3.03. The van der Waals surface area contributed by atoms with Crippen molar-refractivity contribution in [2.75, 3.05) is 0 Å². The molecule has 106 valence electrons. The third-order valence-corrected chi connectivity index (χ3v) is 4.30. The Morgan fingerprint density at radius 1 is 1.14 bits per heavy atom. The van der Waals surface area contributed by atoms with Crippen LogP contribution in [0.25, 0.3) is 0 Å². The summed E-state index contributed by atoms with van der Waals surface area (Å²) in [5.41, 5.74) is -0.774. The highest BCUT2D eigenvalue weighted by molar-refractivity contribution is 8.02. The summed E-state index contributed by atoms with van der Waals surface area (Å²) in [6.07, 6.45) is 0. The Morgan fingerprint density at radius 3 is 2.27 bits per heavy atom. The summed E-state index contributed by atoms with van der Waals surface area (Å²) in [5, 5.41) is 46.2. The predicted octanol–water partition coefficient (Wildman–Crippen LogP) is 1.83. The average Bonchev–Trinajstić information content (AvgIpc) is 3.03. The second kappa shape index (κ2) is 6.24. The van der Waals surface area contributed by atoms with Gasteiger partial charge in [-0.05, 0) is 5.56 Å². The van der Waals surface area contributed by atoms with Crippen LogP contribution in [0.5, 0.6) is 0 Å². The van der Waals surface area contributed by atoms with E-state index in [9.17, 15) is 10.5 Å². The van der Waals surface area contributed by atoms with Gasteiger partial charge in [-0.2, -0.15) is 26.2 Å². The Balaban J connectivity index is 2.20. The first-order valence-electron chi connectivity index (χ1n) is 6.17. The molecule has 0 amide bonds. The molecule has 0 aromatic heterocycles. The van der Waals surface area contributed by atoms with Crippen LogP contribution in [-0.2, 0) is 6.54 Å². The molecule has 0 bridgehead atoms. The van der Waals surface area contributed by atoms with Crippen LogP contribution >= 0.6 is 11.8 Å². The normalized spacial score (nSPS) is 18.6. The van der Waals surface area contributed by atoms with Crippen LogP contribution in [0.4, 0.5) is 0 Å². The van der Waals surface area contributed by atoms with Gasteiger partial charge >= 0.3 is 0 Å². The average molecular weight is 307 g/mol. The van der Waals surface area contributed by atoms with E-state index < -0.39 is 15.8 Å². The van der Waals surface area contributed by atoms with Crippen molar-refractivity contribution >= 4 is 11.8 Å². The molecule has 0 saturated heterocycles. The number of nitrogens with zero attached hydrogens (tertiary/aromatic N) is 6. The number of nitriles is 4. The molecule has 1 unspecified atom stereocenters. The smallest absolute Gasteiger partial charge is 0.281 e. The zero-order valence-corrected chi connectivity index (χ0v) is 12.1. The molecule has 1 aromatic carbocycles. The number of thioether (sulfide) groups is 1. The Bertz CT molecular complexity index is 717. The summed E-state index contributed by atoms with van der Waals surface area (Å²) in [6.45, 7) is 0.278. The fraction of sp³-hybridized carbons (Fsp3) is 0.286. The lowest BCUT2D eigenvalue weighted by molar-refractivity contribution is 0.488. The molecule has 8 heteroatoms. The summed E-state index contributed by atoms with van der Waals surface area (Å²) in [5.74, 6) is 0. The van der Waals surface area contributed by atoms with Crippen LogP contribution in [0.3, 0.4) is 0 Å².